The summed E-state index contributed by atoms with van der Waals surface area (Å²) < 4.78 is 12.8. The predicted octanol–water partition coefficient (Wildman–Crippen LogP) is 0.946. The van der Waals surface area contributed by atoms with Gasteiger partial charge in [-0.2, -0.15) is 0 Å². The lowest BCUT2D eigenvalue weighted by molar-refractivity contribution is 0.0353. The van der Waals surface area contributed by atoms with Gasteiger partial charge in [-0.15, -0.1) is 9.60 Å². The van der Waals surface area contributed by atoms with Crippen LogP contribution in [0.3, 0.4) is 0 Å². The van der Waals surface area contributed by atoms with Crippen LogP contribution in [0, 0.1) is 5.41 Å². The van der Waals surface area contributed by atoms with Gasteiger partial charge in [-0.3, -0.25) is 0 Å². The molecular formula is C8H15FN2. The first-order valence-corrected chi connectivity index (χ1v) is 4.42. The molecule has 2 heterocycles. The van der Waals surface area contributed by atoms with Gasteiger partial charge in [-0.25, -0.2) is 0 Å². The molecule has 0 bridgehead atoms. The quantitative estimate of drug-likeness (QED) is 0.528. The van der Waals surface area contributed by atoms with E-state index in [-0.39, 0.29) is 0 Å². The smallest absolute Gasteiger partial charge is 0.0348 e. The summed E-state index contributed by atoms with van der Waals surface area (Å²) in [5.74, 6) is 0. The lowest BCUT2D eigenvalue weighted by Crippen LogP contribution is -2.37. The van der Waals surface area contributed by atoms with Crippen molar-refractivity contribution >= 4 is 0 Å². The first-order chi connectivity index (χ1) is 5.31. The van der Waals surface area contributed by atoms with Crippen molar-refractivity contribution in [3.63, 3.8) is 0 Å². The molecule has 0 aliphatic carbocycles. The van der Waals surface area contributed by atoms with Gasteiger partial charge in [0.05, 0.1) is 0 Å². The number of piperidine rings is 1. The van der Waals surface area contributed by atoms with Gasteiger partial charge in [0, 0.05) is 13.1 Å². The molecule has 3 heteroatoms. The number of hydrogen-bond acceptors (Lipinski definition) is 2. The molecule has 0 atom stereocenters. The summed E-state index contributed by atoms with van der Waals surface area (Å²) >= 11 is 0. The van der Waals surface area contributed by atoms with Crippen LogP contribution in [0.25, 0.3) is 0 Å². The highest BCUT2D eigenvalue weighted by Gasteiger charge is 2.38. The lowest BCUT2D eigenvalue weighted by atomic mass is 9.78. The maximum absolute atomic E-state index is 12.8. The van der Waals surface area contributed by atoms with Gasteiger partial charge in [0.15, 0.2) is 0 Å². The van der Waals surface area contributed by atoms with E-state index in [0.717, 1.165) is 37.5 Å². The van der Waals surface area contributed by atoms with Crippen molar-refractivity contribution in [3.8, 4) is 0 Å². The molecular weight excluding hydrogens is 143 g/mol. The van der Waals surface area contributed by atoms with Crippen LogP contribution >= 0.6 is 0 Å². The van der Waals surface area contributed by atoms with E-state index in [1.54, 1.807) is 0 Å². The molecule has 2 nitrogen and oxygen atoms in total. The standard InChI is InChI=1S/C8H15FN2/c9-11-6-3-8(7-11)1-4-10-5-2-8/h10H,1-7H2. The Kier molecular flexibility index (Phi) is 1.85. The molecule has 2 fully saturated rings. The summed E-state index contributed by atoms with van der Waals surface area (Å²) in [4.78, 5) is 0. The zero-order valence-corrected chi connectivity index (χ0v) is 6.77. The first-order valence-electron chi connectivity index (χ1n) is 4.42. The highest BCUT2D eigenvalue weighted by atomic mass is 19.2. The number of nitrogens with one attached hydrogen (secondary N) is 1. The van der Waals surface area contributed by atoms with E-state index in [2.05, 4.69) is 5.32 Å². The summed E-state index contributed by atoms with van der Waals surface area (Å²) in [7, 11) is 0. The SMILES string of the molecule is FN1CCC2(CCNCC2)C1. The minimum atomic E-state index is 0.333. The van der Waals surface area contributed by atoms with Gasteiger partial charge in [0.1, 0.15) is 0 Å². The molecule has 0 aromatic carbocycles. The van der Waals surface area contributed by atoms with Crippen LogP contribution in [0.2, 0.25) is 0 Å². The molecule has 2 aliphatic rings. The van der Waals surface area contributed by atoms with Crippen molar-refractivity contribution in [1.82, 2.24) is 10.4 Å². The van der Waals surface area contributed by atoms with E-state index in [0.29, 0.717) is 18.5 Å². The second kappa shape index (κ2) is 2.72. The summed E-state index contributed by atoms with van der Waals surface area (Å²) in [5, 5.41) is 4.29. The lowest BCUT2D eigenvalue weighted by Gasteiger charge is -2.32. The Morgan fingerprint density at radius 2 is 1.91 bits per heavy atom. The van der Waals surface area contributed by atoms with Gasteiger partial charge in [0.25, 0.3) is 0 Å². The van der Waals surface area contributed by atoms with Crippen molar-refractivity contribution in [2.75, 3.05) is 26.2 Å². The Balaban J connectivity index is 1.98. The average Bonchev–Trinajstić information content (AvgIpc) is 2.34. The summed E-state index contributed by atoms with van der Waals surface area (Å²) in [5.41, 5.74) is 0.333. The van der Waals surface area contributed by atoms with E-state index < -0.39 is 0 Å². The molecule has 2 saturated heterocycles. The molecule has 11 heavy (non-hydrogen) atoms. The van der Waals surface area contributed by atoms with Crippen molar-refractivity contribution in [2.24, 2.45) is 5.41 Å². The van der Waals surface area contributed by atoms with Crippen LogP contribution < -0.4 is 5.32 Å². The molecule has 0 aromatic rings. The molecule has 64 valence electrons. The highest BCUT2D eigenvalue weighted by Crippen LogP contribution is 2.38. The molecule has 1 N–H and O–H groups in total. The van der Waals surface area contributed by atoms with Gasteiger partial charge in [-0.1, -0.05) is 0 Å². The monoisotopic (exact) mass is 158 g/mol. The zero-order chi connectivity index (χ0) is 7.73. The fourth-order valence-corrected chi connectivity index (χ4v) is 2.25. The topological polar surface area (TPSA) is 15.3 Å². The van der Waals surface area contributed by atoms with Gasteiger partial charge < -0.3 is 5.32 Å². The second-order valence-corrected chi connectivity index (χ2v) is 3.84. The minimum absolute atomic E-state index is 0.333. The van der Waals surface area contributed by atoms with Crippen LogP contribution in [0.1, 0.15) is 19.3 Å². The first kappa shape index (κ1) is 7.50. The van der Waals surface area contributed by atoms with Crippen LogP contribution in [0.5, 0.6) is 0 Å². The third kappa shape index (κ3) is 1.40. The summed E-state index contributed by atoms with van der Waals surface area (Å²) in [6.07, 6.45) is 3.38. The average molecular weight is 158 g/mol. The maximum atomic E-state index is 12.8. The third-order valence-electron chi connectivity index (χ3n) is 3.06. The zero-order valence-electron chi connectivity index (χ0n) is 6.77. The van der Waals surface area contributed by atoms with Crippen LogP contribution in [-0.2, 0) is 0 Å². The Morgan fingerprint density at radius 3 is 2.45 bits per heavy atom. The van der Waals surface area contributed by atoms with E-state index in [1.165, 1.54) is 0 Å². The highest BCUT2D eigenvalue weighted by molar-refractivity contribution is 4.90. The molecule has 0 saturated carbocycles. The minimum Gasteiger partial charge on any atom is -0.317 e. The van der Waals surface area contributed by atoms with E-state index in [9.17, 15) is 4.48 Å². The van der Waals surface area contributed by atoms with E-state index in [4.69, 9.17) is 0 Å². The molecule has 0 unspecified atom stereocenters. The van der Waals surface area contributed by atoms with Crippen molar-refractivity contribution < 1.29 is 4.48 Å². The van der Waals surface area contributed by atoms with Crippen molar-refractivity contribution in [2.45, 2.75) is 19.3 Å². The fourth-order valence-electron chi connectivity index (χ4n) is 2.25. The molecule has 0 amide bonds. The predicted molar refractivity (Wildman–Crippen MR) is 41.8 cm³/mol. The van der Waals surface area contributed by atoms with Gasteiger partial charge in [0.2, 0.25) is 0 Å². The van der Waals surface area contributed by atoms with E-state index >= 15 is 0 Å². The Bertz CT molecular complexity index is 138. The molecule has 2 aliphatic heterocycles. The van der Waals surface area contributed by atoms with E-state index in [1.807, 2.05) is 0 Å². The summed E-state index contributed by atoms with van der Waals surface area (Å²) in [6.45, 7) is 3.48. The van der Waals surface area contributed by atoms with Crippen LogP contribution in [-0.4, -0.2) is 31.3 Å². The molecule has 0 aromatic heterocycles. The molecule has 0 radical (unpaired) electrons. The largest absolute Gasteiger partial charge is 0.317 e. The van der Waals surface area contributed by atoms with Crippen LogP contribution in [0.15, 0.2) is 0 Å². The Hall–Kier alpha value is -0.150. The van der Waals surface area contributed by atoms with Crippen molar-refractivity contribution in [3.05, 3.63) is 0 Å². The van der Waals surface area contributed by atoms with Crippen molar-refractivity contribution in [1.29, 1.82) is 0 Å². The van der Waals surface area contributed by atoms with Gasteiger partial charge >= 0.3 is 0 Å². The second-order valence-electron chi connectivity index (χ2n) is 3.84. The maximum Gasteiger partial charge on any atom is 0.0348 e. The summed E-state index contributed by atoms with van der Waals surface area (Å²) in [6, 6.07) is 0. The number of nitrogens with zero attached hydrogens (tertiary/aromatic N) is 1. The Labute approximate surface area is 66.7 Å². The van der Waals surface area contributed by atoms with Gasteiger partial charge in [-0.05, 0) is 37.8 Å². The number of hydrogen-bond donors (Lipinski definition) is 1. The number of halogens is 1. The molecule has 2 rings (SSSR count). The number of rotatable bonds is 0. The molecule has 1 spiro atoms. The third-order valence-corrected chi connectivity index (χ3v) is 3.06. The Morgan fingerprint density at radius 1 is 1.18 bits per heavy atom. The fraction of sp³-hybridized carbons (Fsp3) is 1.00. The van der Waals surface area contributed by atoms with Crippen LogP contribution in [0.4, 0.5) is 4.48 Å². The normalized spacial score (nSPS) is 31.4.